The van der Waals surface area contributed by atoms with Crippen molar-refractivity contribution in [2.75, 3.05) is 0 Å². The molecule has 0 saturated carbocycles. The molecule has 0 spiro atoms. The Labute approximate surface area is 132 Å². The highest BCUT2D eigenvalue weighted by molar-refractivity contribution is 5.88. The summed E-state index contributed by atoms with van der Waals surface area (Å²) < 4.78 is 5.36. The number of ether oxygens (including phenoxy) is 1. The van der Waals surface area contributed by atoms with E-state index in [-0.39, 0.29) is 12.1 Å². The Hall–Kier alpha value is -2.39. The molecule has 0 radical (unpaired) electrons. The van der Waals surface area contributed by atoms with Gasteiger partial charge in [-0.2, -0.15) is 0 Å². The second-order valence-corrected chi connectivity index (χ2v) is 4.83. The van der Waals surface area contributed by atoms with Crippen molar-refractivity contribution in [2.24, 2.45) is 0 Å². The molecule has 0 bridgehead atoms. The van der Waals surface area contributed by atoms with Gasteiger partial charge in [-0.15, -0.1) is 0 Å². The van der Waals surface area contributed by atoms with Crippen molar-refractivity contribution in [3.8, 4) is 0 Å². The first-order valence-corrected chi connectivity index (χ1v) is 7.23. The molecule has 0 amide bonds. The maximum atomic E-state index is 12.1. The van der Waals surface area contributed by atoms with Gasteiger partial charge in [0.1, 0.15) is 6.61 Å². The van der Waals surface area contributed by atoms with Crippen LogP contribution in [0.25, 0.3) is 0 Å². The molecule has 0 aliphatic carbocycles. The molecule has 22 heavy (non-hydrogen) atoms. The van der Waals surface area contributed by atoms with Crippen LogP contribution in [0.4, 0.5) is 0 Å². The van der Waals surface area contributed by atoms with Gasteiger partial charge in [0.15, 0.2) is 0 Å². The number of carbonyl (C=O) groups excluding carboxylic acids is 1. The summed E-state index contributed by atoms with van der Waals surface area (Å²) in [6, 6.07) is 19.8. The molecule has 2 rings (SSSR count). The fourth-order valence-corrected chi connectivity index (χ4v) is 2.04. The Morgan fingerprint density at radius 3 is 2.05 bits per heavy atom. The number of hydrogen-bond acceptors (Lipinski definition) is 3. The van der Waals surface area contributed by atoms with Crippen LogP contribution in [0.2, 0.25) is 0 Å². The predicted octanol–water partition coefficient (Wildman–Crippen LogP) is 4.47. The zero-order chi connectivity index (χ0) is 14.9. The molecule has 2 aromatic rings. The van der Waals surface area contributed by atoms with Crippen LogP contribution in [0.1, 0.15) is 24.5 Å². The van der Waals surface area contributed by atoms with Gasteiger partial charge in [-0.3, -0.25) is 0 Å². The zero-order valence-electron chi connectivity index (χ0n) is 13.0. The molecule has 0 aliphatic heterocycles. The summed E-state index contributed by atoms with van der Waals surface area (Å²) in [5.74, 6) is -0.225. The van der Waals surface area contributed by atoms with Gasteiger partial charge in [-0.05, 0) is 24.0 Å². The Balaban J connectivity index is 0.00000242. The molecule has 3 N–H and O–H groups in total. The van der Waals surface area contributed by atoms with Gasteiger partial charge in [-0.25, -0.2) is 4.79 Å². The molecule has 0 aliphatic rings. The van der Waals surface area contributed by atoms with Crippen LogP contribution in [-0.4, -0.2) is 5.97 Å². The third kappa shape index (κ3) is 5.54. The van der Waals surface area contributed by atoms with Crippen LogP contribution < -0.4 is 6.15 Å². The molecule has 0 unspecified atom stereocenters. The Kier molecular flexibility index (Phi) is 7.65. The third-order valence-electron chi connectivity index (χ3n) is 3.28. The maximum absolute atomic E-state index is 12.1. The van der Waals surface area contributed by atoms with Gasteiger partial charge in [0.25, 0.3) is 0 Å². The Morgan fingerprint density at radius 2 is 1.50 bits per heavy atom. The lowest BCUT2D eigenvalue weighted by Gasteiger charge is -2.07. The second-order valence-electron chi connectivity index (χ2n) is 4.83. The number of carbonyl (C=O) groups is 1. The highest BCUT2D eigenvalue weighted by Gasteiger charge is 2.08. The molecule has 2 aromatic carbocycles. The molecule has 3 nitrogen and oxygen atoms in total. The van der Waals surface area contributed by atoms with Crippen molar-refractivity contribution in [3.05, 3.63) is 83.4 Å². The number of benzene rings is 2. The summed E-state index contributed by atoms with van der Waals surface area (Å²) in [6.07, 6.45) is 3.40. The molecule has 3 heteroatoms. The maximum Gasteiger partial charge on any atom is 0.334 e. The summed E-state index contributed by atoms with van der Waals surface area (Å²) in [4.78, 5) is 12.1. The lowest BCUT2D eigenvalue weighted by atomic mass is 10.1. The first kappa shape index (κ1) is 17.7. The Bertz CT molecular complexity index is 591. The molecule has 0 saturated heterocycles. The van der Waals surface area contributed by atoms with Crippen molar-refractivity contribution in [2.45, 2.75) is 26.4 Å². The second kappa shape index (κ2) is 9.53. The monoisotopic (exact) mass is 297 g/mol. The van der Waals surface area contributed by atoms with Crippen LogP contribution in [0.15, 0.2) is 72.3 Å². The van der Waals surface area contributed by atoms with Crippen LogP contribution in [-0.2, 0) is 22.6 Å². The Morgan fingerprint density at radius 1 is 0.955 bits per heavy atom. The van der Waals surface area contributed by atoms with Gasteiger partial charge in [0, 0.05) is 5.57 Å². The number of rotatable bonds is 6. The molecule has 0 aromatic heterocycles. The van der Waals surface area contributed by atoms with E-state index < -0.39 is 0 Å². The van der Waals surface area contributed by atoms with Gasteiger partial charge in [0.2, 0.25) is 0 Å². The minimum Gasteiger partial charge on any atom is -0.457 e. The molecule has 0 fully saturated rings. The van der Waals surface area contributed by atoms with Crippen molar-refractivity contribution in [3.63, 3.8) is 0 Å². The normalized spacial score (nSPS) is 10.7. The highest BCUT2D eigenvalue weighted by Crippen LogP contribution is 2.10. The molecule has 0 heterocycles. The van der Waals surface area contributed by atoms with E-state index >= 15 is 0 Å². The summed E-state index contributed by atoms with van der Waals surface area (Å²) in [5, 5.41) is 0. The topological polar surface area (TPSA) is 61.3 Å². The van der Waals surface area contributed by atoms with Crippen molar-refractivity contribution in [1.82, 2.24) is 6.15 Å². The van der Waals surface area contributed by atoms with Gasteiger partial charge >= 0.3 is 5.97 Å². The SMILES string of the molecule is CCC(=CCc1ccccc1)C(=O)OCc1ccccc1.N. The average molecular weight is 297 g/mol. The van der Waals surface area contributed by atoms with Crippen molar-refractivity contribution >= 4 is 5.97 Å². The van der Waals surface area contributed by atoms with E-state index in [4.69, 9.17) is 4.74 Å². The number of esters is 1. The summed E-state index contributed by atoms with van der Waals surface area (Å²) in [5.41, 5.74) is 2.93. The average Bonchev–Trinajstić information content (AvgIpc) is 2.55. The standard InChI is InChI=1S/C19H20O2.H3N/c1-2-18(14-13-16-9-5-3-6-10-16)19(20)21-15-17-11-7-4-8-12-17;/h3-12,14H,2,13,15H2,1H3;1H3. The highest BCUT2D eigenvalue weighted by atomic mass is 16.5. The van der Waals surface area contributed by atoms with E-state index in [2.05, 4.69) is 12.1 Å². The van der Waals surface area contributed by atoms with E-state index in [0.29, 0.717) is 13.0 Å². The smallest absolute Gasteiger partial charge is 0.334 e. The largest absolute Gasteiger partial charge is 0.457 e. The molecular formula is C19H23NO2. The van der Waals surface area contributed by atoms with E-state index in [1.807, 2.05) is 61.5 Å². The lowest BCUT2D eigenvalue weighted by Crippen LogP contribution is -2.08. The van der Waals surface area contributed by atoms with E-state index in [0.717, 1.165) is 17.6 Å². The van der Waals surface area contributed by atoms with Crippen LogP contribution in [0.3, 0.4) is 0 Å². The van der Waals surface area contributed by atoms with Gasteiger partial charge in [-0.1, -0.05) is 73.7 Å². The number of allylic oxidation sites excluding steroid dienone is 1. The molecular weight excluding hydrogens is 274 g/mol. The quantitative estimate of drug-likeness (QED) is 0.632. The fourth-order valence-electron chi connectivity index (χ4n) is 2.04. The summed E-state index contributed by atoms with van der Waals surface area (Å²) >= 11 is 0. The van der Waals surface area contributed by atoms with Crippen LogP contribution >= 0.6 is 0 Å². The van der Waals surface area contributed by atoms with E-state index in [1.54, 1.807) is 0 Å². The van der Waals surface area contributed by atoms with E-state index in [9.17, 15) is 4.79 Å². The molecule has 116 valence electrons. The van der Waals surface area contributed by atoms with E-state index in [1.165, 1.54) is 5.56 Å². The van der Waals surface area contributed by atoms with Crippen LogP contribution in [0.5, 0.6) is 0 Å². The van der Waals surface area contributed by atoms with Crippen LogP contribution in [0, 0.1) is 0 Å². The number of hydrogen-bond donors (Lipinski definition) is 1. The third-order valence-corrected chi connectivity index (χ3v) is 3.28. The predicted molar refractivity (Wildman–Crippen MR) is 89.8 cm³/mol. The lowest BCUT2D eigenvalue weighted by molar-refractivity contribution is -0.140. The summed E-state index contributed by atoms with van der Waals surface area (Å²) in [6.45, 7) is 2.29. The molecule has 0 atom stereocenters. The first-order valence-electron chi connectivity index (χ1n) is 7.23. The minimum atomic E-state index is -0.225. The van der Waals surface area contributed by atoms with Gasteiger partial charge in [0.05, 0.1) is 0 Å². The van der Waals surface area contributed by atoms with Crippen molar-refractivity contribution in [1.29, 1.82) is 0 Å². The summed E-state index contributed by atoms with van der Waals surface area (Å²) in [7, 11) is 0. The zero-order valence-corrected chi connectivity index (χ0v) is 13.0. The minimum absolute atomic E-state index is 0. The first-order chi connectivity index (χ1) is 10.3. The van der Waals surface area contributed by atoms with Gasteiger partial charge < -0.3 is 10.9 Å². The fraction of sp³-hybridized carbons (Fsp3) is 0.211. The van der Waals surface area contributed by atoms with Crippen molar-refractivity contribution < 1.29 is 9.53 Å².